The maximum Gasteiger partial charge on any atom is 0.330 e. The largest absolute Gasteiger partial charge is 0.390 e. The highest BCUT2D eigenvalue weighted by atomic mass is 32.2. The Kier molecular flexibility index (Phi) is 6.43. The Morgan fingerprint density at radius 3 is 2.31 bits per heavy atom. The van der Waals surface area contributed by atoms with Crippen LogP contribution in [-0.2, 0) is 10.0 Å². The standard InChI is InChI=1S/C23H24F2N4O4S2/c1-13-20(35(26,32)33)34-21(27-13)29-12-15(23(2,3)31)11-28(22(29)30)17-7-4-14(5-8-17)18-10-16(24)6-9-19(18)25/h4-10,15,31H,11-12H2,1-3H3,(H2,26,32,33)/t15-/m0/s1. The normalized spacial score (nSPS) is 17.2. The molecule has 3 N–H and O–H groups in total. The Morgan fingerprint density at radius 1 is 1.11 bits per heavy atom. The Bertz CT molecular complexity index is 1390. The fraction of sp³-hybridized carbons (Fsp3) is 0.304. The van der Waals surface area contributed by atoms with Crippen LogP contribution >= 0.6 is 11.3 Å². The molecule has 1 atom stereocenters. The molecule has 1 aliphatic rings. The number of aliphatic hydroxyl groups is 1. The number of thiazole rings is 1. The van der Waals surface area contributed by atoms with Gasteiger partial charge in [-0.3, -0.25) is 9.80 Å². The molecule has 2 heterocycles. The van der Waals surface area contributed by atoms with Gasteiger partial charge in [0, 0.05) is 30.3 Å². The molecule has 2 aromatic carbocycles. The molecule has 0 unspecified atom stereocenters. The van der Waals surface area contributed by atoms with Crippen LogP contribution in [0.25, 0.3) is 11.1 Å². The van der Waals surface area contributed by atoms with Gasteiger partial charge in [0.15, 0.2) is 9.34 Å². The molecular weight excluding hydrogens is 498 g/mol. The van der Waals surface area contributed by atoms with E-state index in [9.17, 15) is 27.1 Å². The summed E-state index contributed by atoms with van der Waals surface area (Å²) < 4.78 is 51.4. The van der Waals surface area contributed by atoms with Gasteiger partial charge in [0.1, 0.15) is 11.6 Å². The number of rotatable bonds is 5. The van der Waals surface area contributed by atoms with Gasteiger partial charge in [0.25, 0.3) is 0 Å². The lowest BCUT2D eigenvalue weighted by Crippen LogP contribution is -2.58. The van der Waals surface area contributed by atoms with Gasteiger partial charge in [-0.1, -0.05) is 23.5 Å². The Balaban J connectivity index is 1.71. The number of halogens is 2. The fourth-order valence-corrected chi connectivity index (χ4v) is 5.86. The van der Waals surface area contributed by atoms with Crippen LogP contribution in [0.1, 0.15) is 19.5 Å². The van der Waals surface area contributed by atoms with Crippen LogP contribution in [0.2, 0.25) is 0 Å². The van der Waals surface area contributed by atoms with Crippen molar-refractivity contribution in [3.8, 4) is 11.1 Å². The molecule has 12 heteroatoms. The quantitative estimate of drug-likeness (QED) is 0.528. The van der Waals surface area contributed by atoms with Gasteiger partial charge >= 0.3 is 6.03 Å². The molecule has 0 aliphatic carbocycles. The second kappa shape index (κ2) is 8.94. The molecule has 8 nitrogen and oxygen atoms in total. The number of sulfonamides is 1. The molecule has 3 aromatic rings. The van der Waals surface area contributed by atoms with Crippen molar-refractivity contribution >= 4 is 38.2 Å². The topological polar surface area (TPSA) is 117 Å². The van der Waals surface area contributed by atoms with Crippen molar-refractivity contribution in [3.05, 3.63) is 59.8 Å². The molecule has 1 aliphatic heterocycles. The third kappa shape index (κ3) is 5.06. The number of carbonyl (C=O) groups is 1. The molecule has 1 fully saturated rings. The van der Waals surface area contributed by atoms with E-state index in [0.717, 1.165) is 29.5 Å². The zero-order valence-corrected chi connectivity index (χ0v) is 20.8. The predicted octanol–water partition coefficient (Wildman–Crippen LogP) is 3.88. The minimum absolute atomic E-state index is 0.0892. The van der Waals surface area contributed by atoms with E-state index < -0.39 is 39.2 Å². The maximum atomic E-state index is 14.2. The van der Waals surface area contributed by atoms with E-state index in [4.69, 9.17) is 5.14 Å². The lowest BCUT2D eigenvalue weighted by Gasteiger charge is -2.43. The minimum Gasteiger partial charge on any atom is -0.390 e. The number of anilines is 2. The number of amides is 2. The summed E-state index contributed by atoms with van der Waals surface area (Å²) in [6, 6.07) is 9.06. The molecule has 1 saturated heterocycles. The average Bonchev–Trinajstić information content (AvgIpc) is 3.17. The number of nitrogens with zero attached hydrogens (tertiary/aromatic N) is 3. The minimum atomic E-state index is -4.02. The van der Waals surface area contributed by atoms with Crippen molar-refractivity contribution in [2.75, 3.05) is 22.9 Å². The predicted molar refractivity (Wildman–Crippen MR) is 130 cm³/mol. The zero-order valence-electron chi connectivity index (χ0n) is 19.2. The van der Waals surface area contributed by atoms with Crippen molar-refractivity contribution in [2.24, 2.45) is 11.1 Å². The smallest absolute Gasteiger partial charge is 0.330 e. The summed E-state index contributed by atoms with van der Waals surface area (Å²) in [5.74, 6) is -1.56. The van der Waals surface area contributed by atoms with E-state index in [0.29, 0.717) is 11.3 Å². The van der Waals surface area contributed by atoms with E-state index in [-0.39, 0.29) is 33.7 Å². The van der Waals surface area contributed by atoms with E-state index in [1.807, 2.05) is 0 Å². The number of carbonyl (C=O) groups excluding carboxylic acids is 1. The van der Waals surface area contributed by atoms with Gasteiger partial charge < -0.3 is 5.11 Å². The molecular formula is C23H24F2N4O4S2. The fourth-order valence-electron chi connectivity index (χ4n) is 3.91. The molecule has 1 aromatic heterocycles. The summed E-state index contributed by atoms with van der Waals surface area (Å²) in [5, 5.41) is 16.1. The third-order valence-corrected chi connectivity index (χ3v) is 8.65. The number of hydrogen-bond acceptors (Lipinski definition) is 6. The number of nitrogens with two attached hydrogens (primary N) is 1. The Hall–Kier alpha value is -2.93. The van der Waals surface area contributed by atoms with Crippen LogP contribution in [0.4, 0.5) is 24.4 Å². The van der Waals surface area contributed by atoms with E-state index in [1.54, 1.807) is 38.1 Å². The summed E-state index contributed by atoms with van der Waals surface area (Å²) in [5.41, 5.74) is -0.00407. The van der Waals surface area contributed by atoms with Gasteiger partial charge in [0.2, 0.25) is 10.0 Å². The molecule has 186 valence electrons. The molecule has 4 rings (SSSR count). The lowest BCUT2D eigenvalue weighted by atomic mass is 9.88. The number of primary sulfonamides is 1. The Labute approximate surface area is 205 Å². The van der Waals surface area contributed by atoms with Crippen molar-refractivity contribution in [1.29, 1.82) is 0 Å². The van der Waals surface area contributed by atoms with E-state index >= 15 is 0 Å². The Morgan fingerprint density at radius 2 is 1.74 bits per heavy atom. The number of aryl methyl sites for hydroxylation is 1. The molecule has 0 radical (unpaired) electrons. The lowest BCUT2D eigenvalue weighted by molar-refractivity contribution is 0.0217. The number of aromatic nitrogens is 1. The molecule has 2 amide bonds. The first-order valence-electron chi connectivity index (χ1n) is 10.6. The first-order valence-corrected chi connectivity index (χ1v) is 13.0. The summed E-state index contributed by atoms with van der Waals surface area (Å²) in [6.07, 6.45) is 0. The van der Waals surface area contributed by atoms with E-state index in [2.05, 4.69) is 4.98 Å². The van der Waals surface area contributed by atoms with Crippen LogP contribution < -0.4 is 14.9 Å². The van der Waals surface area contributed by atoms with Crippen molar-refractivity contribution in [1.82, 2.24) is 4.98 Å². The van der Waals surface area contributed by atoms with E-state index in [1.165, 1.54) is 16.7 Å². The zero-order chi connectivity index (χ0) is 25.7. The molecule has 0 saturated carbocycles. The maximum absolute atomic E-state index is 14.2. The average molecular weight is 523 g/mol. The highest BCUT2D eigenvalue weighted by molar-refractivity contribution is 7.91. The molecule has 35 heavy (non-hydrogen) atoms. The van der Waals surface area contributed by atoms with Crippen LogP contribution in [0.3, 0.4) is 0 Å². The number of urea groups is 1. The second-order valence-electron chi connectivity index (χ2n) is 8.94. The molecule has 0 spiro atoms. The number of benzene rings is 2. The first kappa shape index (κ1) is 25.2. The monoisotopic (exact) mass is 522 g/mol. The van der Waals surface area contributed by atoms with Crippen LogP contribution in [0, 0.1) is 24.5 Å². The van der Waals surface area contributed by atoms with Gasteiger partial charge in [-0.25, -0.2) is 32.1 Å². The summed E-state index contributed by atoms with van der Waals surface area (Å²) in [6.45, 7) is 5.04. The SMILES string of the molecule is Cc1nc(N2C[C@@H](C(C)(C)O)CN(c3ccc(-c4cc(F)ccc4F)cc3)C2=O)sc1S(N)(=O)=O. The third-order valence-electron chi connectivity index (χ3n) is 5.92. The van der Waals surface area contributed by atoms with Crippen molar-refractivity contribution in [2.45, 2.75) is 30.6 Å². The van der Waals surface area contributed by atoms with Crippen molar-refractivity contribution < 1.29 is 27.1 Å². The number of hydrogen-bond donors (Lipinski definition) is 2. The summed E-state index contributed by atoms with van der Waals surface area (Å²) in [7, 11) is -4.02. The van der Waals surface area contributed by atoms with Crippen LogP contribution in [0.15, 0.2) is 46.7 Å². The summed E-state index contributed by atoms with van der Waals surface area (Å²) in [4.78, 5) is 20.5. The second-order valence-corrected chi connectivity index (χ2v) is 11.7. The van der Waals surface area contributed by atoms with Gasteiger partial charge in [-0.05, 0) is 56.7 Å². The highest BCUT2D eigenvalue weighted by Gasteiger charge is 2.41. The molecule has 0 bridgehead atoms. The van der Waals surface area contributed by atoms with Crippen LogP contribution in [-0.4, -0.2) is 43.2 Å². The van der Waals surface area contributed by atoms with Gasteiger partial charge in [-0.2, -0.15) is 0 Å². The highest BCUT2D eigenvalue weighted by Crippen LogP contribution is 2.36. The summed E-state index contributed by atoms with van der Waals surface area (Å²) >= 11 is 0.785. The van der Waals surface area contributed by atoms with Crippen molar-refractivity contribution in [3.63, 3.8) is 0 Å². The first-order chi connectivity index (χ1) is 16.3. The van der Waals surface area contributed by atoms with Gasteiger partial charge in [0.05, 0.1) is 11.3 Å². The van der Waals surface area contributed by atoms with Crippen LogP contribution in [0.5, 0.6) is 0 Å². The van der Waals surface area contributed by atoms with Gasteiger partial charge in [-0.15, -0.1) is 0 Å².